The van der Waals surface area contributed by atoms with Gasteiger partial charge < -0.3 is 11.1 Å². The lowest BCUT2D eigenvalue weighted by molar-refractivity contribution is 0.588. The van der Waals surface area contributed by atoms with Gasteiger partial charge in [-0.1, -0.05) is 42.5 Å². The van der Waals surface area contributed by atoms with Crippen molar-refractivity contribution in [1.82, 2.24) is 5.32 Å². The van der Waals surface area contributed by atoms with Gasteiger partial charge in [-0.2, -0.15) is 0 Å². The van der Waals surface area contributed by atoms with Crippen molar-refractivity contribution >= 4 is 0 Å². The average Bonchev–Trinajstić information content (AvgIpc) is 2.41. The van der Waals surface area contributed by atoms with Gasteiger partial charge in [-0.25, -0.2) is 4.39 Å². The highest BCUT2D eigenvalue weighted by Gasteiger charge is 2.00. The van der Waals surface area contributed by atoms with E-state index in [-0.39, 0.29) is 5.82 Å². The van der Waals surface area contributed by atoms with Crippen molar-refractivity contribution in [3.8, 4) is 0 Å². The van der Waals surface area contributed by atoms with E-state index in [1.54, 1.807) is 12.1 Å². The second-order valence-electron chi connectivity index (χ2n) is 4.22. The average molecular weight is 244 g/mol. The SMILES string of the molecule is NCc1cccc(CNCc2ccccc2F)c1. The van der Waals surface area contributed by atoms with Gasteiger partial charge >= 0.3 is 0 Å². The zero-order valence-electron chi connectivity index (χ0n) is 10.2. The topological polar surface area (TPSA) is 38.0 Å². The number of nitrogens with one attached hydrogen (secondary N) is 1. The Labute approximate surface area is 107 Å². The van der Waals surface area contributed by atoms with Gasteiger partial charge in [0.2, 0.25) is 0 Å². The second-order valence-corrected chi connectivity index (χ2v) is 4.22. The summed E-state index contributed by atoms with van der Waals surface area (Å²) in [5, 5.41) is 3.23. The first-order valence-corrected chi connectivity index (χ1v) is 6.01. The van der Waals surface area contributed by atoms with E-state index in [1.165, 1.54) is 6.07 Å². The minimum Gasteiger partial charge on any atom is -0.326 e. The highest BCUT2D eigenvalue weighted by Crippen LogP contribution is 2.07. The maximum Gasteiger partial charge on any atom is 0.127 e. The molecule has 2 aromatic carbocycles. The quantitative estimate of drug-likeness (QED) is 0.848. The van der Waals surface area contributed by atoms with E-state index in [9.17, 15) is 4.39 Å². The van der Waals surface area contributed by atoms with Crippen LogP contribution >= 0.6 is 0 Å². The summed E-state index contributed by atoms with van der Waals surface area (Å²) in [4.78, 5) is 0. The molecule has 18 heavy (non-hydrogen) atoms. The molecule has 0 atom stereocenters. The summed E-state index contributed by atoms with van der Waals surface area (Å²) >= 11 is 0. The standard InChI is InChI=1S/C15H17FN2/c16-15-7-2-1-6-14(15)11-18-10-13-5-3-4-12(8-13)9-17/h1-8,18H,9-11,17H2. The van der Waals surface area contributed by atoms with Crippen LogP contribution in [0.1, 0.15) is 16.7 Å². The molecule has 0 bridgehead atoms. The molecular weight excluding hydrogens is 227 g/mol. The molecule has 0 unspecified atom stereocenters. The number of halogens is 1. The van der Waals surface area contributed by atoms with Crippen molar-refractivity contribution in [1.29, 1.82) is 0 Å². The van der Waals surface area contributed by atoms with Crippen molar-refractivity contribution in [2.75, 3.05) is 0 Å². The molecule has 2 aromatic rings. The summed E-state index contributed by atoms with van der Waals surface area (Å²) in [6, 6.07) is 14.9. The van der Waals surface area contributed by atoms with Crippen molar-refractivity contribution < 1.29 is 4.39 Å². The lowest BCUT2D eigenvalue weighted by Gasteiger charge is -2.07. The minimum atomic E-state index is -0.166. The third kappa shape index (κ3) is 3.39. The fraction of sp³-hybridized carbons (Fsp3) is 0.200. The number of benzene rings is 2. The lowest BCUT2D eigenvalue weighted by atomic mass is 10.1. The first-order chi connectivity index (χ1) is 8.79. The van der Waals surface area contributed by atoms with Gasteiger partial charge in [0.1, 0.15) is 5.82 Å². The fourth-order valence-electron chi connectivity index (χ4n) is 1.85. The van der Waals surface area contributed by atoms with Gasteiger partial charge in [0.25, 0.3) is 0 Å². The van der Waals surface area contributed by atoms with Gasteiger partial charge in [-0.3, -0.25) is 0 Å². The molecule has 0 aliphatic carbocycles. The smallest absolute Gasteiger partial charge is 0.127 e. The molecule has 0 radical (unpaired) electrons. The molecule has 3 N–H and O–H groups in total. The Hall–Kier alpha value is -1.71. The van der Waals surface area contributed by atoms with E-state index in [0.29, 0.717) is 25.2 Å². The molecular formula is C15H17FN2. The molecule has 94 valence electrons. The van der Waals surface area contributed by atoms with Crippen LogP contribution in [-0.4, -0.2) is 0 Å². The fourth-order valence-corrected chi connectivity index (χ4v) is 1.85. The van der Waals surface area contributed by atoms with Crippen LogP contribution in [0.15, 0.2) is 48.5 Å². The van der Waals surface area contributed by atoms with Gasteiger partial charge in [-0.05, 0) is 17.2 Å². The van der Waals surface area contributed by atoms with Gasteiger partial charge in [0.15, 0.2) is 0 Å². The van der Waals surface area contributed by atoms with E-state index in [2.05, 4.69) is 11.4 Å². The minimum absolute atomic E-state index is 0.166. The van der Waals surface area contributed by atoms with Crippen LogP contribution in [0.4, 0.5) is 4.39 Å². The van der Waals surface area contributed by atoms with Crippen molar-refractivity contribution in [3.05, 3.63) is 71.0 Å². The van der Waals surface area contributed by atoms with Gasteiger partial charge in [0.05, 0.1) is 0 Å². The van der Waals surface area contributed by atoms with E-state index in [0.717, 1.165) is 11.1 Å². The van der Waals surface area contributed by atoms with Crippen LogP contribution in [0.5, 0.6) is 0 Å². The van der Waals surface area contributed by atoms with Crippen LogP contribution in [0.3, 0.4) is 0 Å². The molecule has 0 spiro atoms. The van der Waals surface area contributed by atoms with E-state index in [4.69, 9.17) is 5.73 Å². The van der Waals surface area contributed by atoms with E-state index < -0.39 is 0 Å². The van der Waals surface area contributed by atoms with E-state index in [1.807, 2.05) is 24.3 Å². The molecule has 0 fully saturated rings. The third-order valence-electron chi connectivity index (χ3n) is 2.83. The number of hydrogen-bond donors (Lipinski definition) is 2. The summed E-state index contributed by atoms with van der Waals surface area (Å²) in [6.45, 7) is 1.78. The molecule has 2 nitrogen and oxygen atoms in total. The Balaban J connectivity index is 1.90. The summed E-state index contributed by atoms with van der Waals surface area (Å²) < 4.78 is 13.4. The molecule has 0 heterocycles. The lowest BCUT2D eigenvalue weighted by Crippen LogP contribution is -2.14. The number of rotatable bonds is 5. The Bertz CT molecular complexity index is 511. The second kappa shape index (κ2) is 6.28. The third-order valence-corrected chi connectivity index (χ3v) is 2.83. The molecule has 0 aliphatic rings. The predicted octanol–water partition coefficient (Wildman–Crippen LogP) is 2.57. The van der Waals surface area contributed by atoms with Crippen LogP contribution in [0.25, 0.3) is 0 Å². The van der Waals surface area contributed by atoms with Gasteiger partial charge in [0, 0.05) is 25.2 Å². The first kappa shape index (κ1) is 12.7. The highest BCUT2D eigenvalue weighted by molar-refractivity contribution is 5.23. The molecule has 0 saturated heterocycles. The molecule has 0 amide bonds. The van der Waals surface area contributed by atoms with Crippen molar-refractivity contribution in [2.45, 2.75) is 19.6 Å². The van der Waals surface area contributed by atoms with Crippen LogP contribution in [0, 0.1) is 5.82 Å². The summed E-state index contributed by atoms with van der Waals surface area (Å²) in [5.41, 5.74) is 8.55. The van der Waals surface area contributed by atoms with E-state index >= 15 is 0 Å². The summed E-state index contributed by atoms with van der Waals surface area (Å²) in [6.07, 6.45) is 0. The highest BCUT2D eigenvalue weighted by atomic mass is 19.1. The maximum atomic E-state index is 13.4. The molecule has 0 saturated carbocycles. The largest absolute Gasteiger partial charge is 0.326 e. The van der Waals surface area contributed by atoms with Crippen molar-refractivity contribution in [3.63, 3.8) is 0 Å². The Morgan fingerprint density at radius 3 is 2.50 bits per heavy atom. The zero-order valence-corrected chi connectivity index (χ0v) is 10.2. The number of hydrogen-bond acceptors (Lipinski definition) is 2. The Morgan fingerprint density at radius 1 is 0.944 bits per heavy atom. The van der Waals surface area contributed by atoms with Crippen molar-refractivity contribution in [2.24, 2.45) is 5.73 Å². The molecule has 3 heteroatoms. The molecule has 0 aromatic heterocycles. The summed E-state index contributed by atoms with van der Waals surface area (Å²) in [7, 11) is 0. The molecule has 0 aliphatic heterocycles. The normalized spacial score (nSPS) is 10.6. The monoisotopic (exact) mass is 244 g/mol. The maximum absolute atomic E-state index is 13.4. The first-order valence-electron chi connectivity index (χ1n) is 6.01. The number of nitrogens with two attached hydrogens (primary N) is 1. The Kier molecular flexibility index (Phi) is 4.45. The zero-order chi connectivity index (χ0) is 12.8. The summed E-state index contributed by atoms with van der Waals surface area (Å²) in [5.74, 6) is -0.166. The van der Waals surface area contributed by atoms with Crippen LogP contribution in [0.2, 0.25) is 0 Å². The Morgan fingerprint density at radius 2 is 1.72 bits per heavy atom. The molecule has 2 rings (SSSR count). The van der Waals surface area contributed by atoms with Crippen LogP contribution < -0.4 is 11.1 Å². The van der Waals surface area contributed by atoms with Gasteiger partial charge in [-0.15, -0.1) is 0 Å². The predicted molar refractivity (Wildman–Crippen MR) is 71.3 cm³/mol. The van der Waals surface area contributed by atoms with Crippen LogP contribution in [-0.2, 0) is 19.6 Å².